The third kappa shape index (κ3) is 3.58. The van der Waals surface area contributed by atoms with Crippen molar-refractivity contribution in [1.29, 1.82) is 0 Å². The fraction of sp³-hybridized carbons (Fsp3) is 0.235. The zero-order valence-electron chi connectivity index (χ0n) is 14.8. The molecule has 150 valence electrons. The van der Waals surface area contributed by atoms with E-state index >= 15 is 0 Å². The number of benzene rings is 1. The Balaban J connectivity index is 0.00000140. The van der Waals surface area contributed by atoms with Crippen molar-refractivity contribution in [3.63, 3.8) is 0 Å². The molecule has 1 amide bonds. The molecule has 0 saturated heterocycles. The number of carbonyl (C=O) groups excluding carboxylic acids is 1. The largest absolute Gasteiger partial charge is 0.324 e. The highest BCUT2D eigenvalue weighted by atomic mass is 35.5. The van der Waals surface area contributed by atoms with Crippen LogP contribution in [0, 0.1) is 6.92 Å². The minimum Gasteiger partial charge on any atom is -0.324 e. The number of amides is 1. The molecule has 3 aromatic rings. The second-order valence-corrected chi connectivity index (χ2v) is 8.36. The van der Waals surface area contributed by atoms with Gasteiger partial charge in [0.05, 0.1) is 27.9 Å². The molecule has 0 fully saturated rings. The summed E-state index contributed by atoms with van der Waals surface area (Å²) < 4.78 is 25.0. The lowest BCUT2D eigenvalue weighted by molar-refractivity contribution is 0.102. The average molecular weight is 444 g/mol. The SMILES string of the molecule is Cc1c(C(=O)Nc2ccnc3[nH]ncc23)ccc2c1S(=O)(=O)CC[C@@H]2N.Cl.Cl. The molecule has 0 aliphatic carbocycles. The number of hydrogen-bond acceptors (Lipinski definition) is 6. The van der Waals surface area contributed by atoms with E-state index in [4.69, 9.17) is 5.73 Å². The first-order chi connectivity index (χ1) is 12.4. The van der Waals surface area contributed by atoms with Gasteiger partial charge in [0.25, 0.3) is 5.91 Å². The Morgan fingerprint density at radius 2 is 2.04 bits per heavy atom. The zero-order valence-corrected chi connectivity index (χ0v) is 17.2. The van der Waals surface area contributed by atoms with Crippen molar-refractivity contribution in [1.82, 2.24) is 15.2 Å². The maximum atomic E-state index is 12.8. The minimum absolute atomic E-state index is 0. The van der Waals surface area contributed by atoms with Crippen LogP contribution in [0.5, 0.6) is 0 Å². The number of nitrogens with one attached hydrogen (secondary N) is 2. The molecule has 11 heteroatoms. The molecule has 0 spiro atoms. The number of hydrogen-bond donors (Lipinski definition) is 3. The third-order valence-corrected chi connectivity index (χ3v) is 6.63. The van der Waals surface area contributed by atoms with Gasteiger partial charge >= 0.3 is 0 Å². The van der Waals surface area contributed by atoms with E-state index in [1.54, 1.807) is 37.5 Å². The van der Waals surface area contributed by atoms with Crippen molar-refractivity contribution >= 4 is 57.3 Å². The number of fused-ring (bicyclic) bond motifs is 2. The quantitative estimate of drug-likeness (QED) is 0.557. The molecule has 0 saturated carbocycles. The Bertz CT molecular complexity index is 1150. The molecule has 1 atom stereocenters. The smallest absolute Gasteiger partial charge is 0.255 e. The molecule has 28 heavy (non-hydrogen) atoms. The zero-order chi connectivity index (χ0) is 18.5. The van der Waals surface area contributed by atoms with Gasteiger partial charge in [-0.15, -0.1) is 24.8 Å². The number of sulfone groups is 1. The second kappa shape index (κ2) is 8.04. The first-order valence-corrected chi connectivity index (χ1v) is 9.75. The average Bonchev–Trinajstić information content (AvgIpc) is 3.08. The number of carbonyl (C=O) groups is 1. The minimum atomic E-state index is -3.45. The van der Waals surface area contributed by atoms with Gasteiger partial charge in [0.15, 0.2) is 15.5 Å². The molecule has 8 nitrogen and oxygen atoms in total. The summed E-state index contributed by atoms with van der Waals surface area (Å²) in [6.45, 7) is 1.64. The predicted octanol–water partition coefficient (Wildman–Crippen LogP) is 2.54. The normalized spacial score (nSPS) is 17.1. The van der Waals surface area contributed by atoms with Crippen molar-refractivity contribution in [3.8, 4) is 0 Å². The number of aromatic amines is 1. The number of aromatic nitrogens is 3. The molecular weight excluding hydrogens is 425 g/mol. The summed E-state index contributed by atoms with van der Waals surface area (Å²) in [5.74, 6) is -0.402. The summed E-state index contributed by atoms with van der Waals surface area (Å²) in [5, 5.41) is 10.1. The summed E-state index contributed by atoms with van der Waals surface area (Å²) in [5.41, 5.74) is 8.45. The molecule has 1 aliphatic rings. The molecule has 0 unspecified atom stereocenters. The van der Waals surface area contributed by atoms with Gasteiger partial charge in [0.1, 0.15) is 0 Å². The van der Waals surface area contributed by atoms with E-state index in [9.17, 15) is 13.2 Å². The van der Waals surface area contributed by atoms with E-state index in [0.29, 0.717) is 39.8 Å². The Morgan fingerprint density at radius 1 is 1.29 bits per heavy atom. The molecule has 4 rings (SSSR count). The number of pyridine rings is 1. The summed E-state index contributed by atoms with van der Waals surface area (Å²) in [6, 6.07) is 4.59. The highest BCUT2D eigenvalue weighted by Crippen LogP contribution is 2.34. The third-order valence-electron chi connectivity index (χ3n) is 4.69. The van der Waals surface area contributed by atoms with E-state index < -0.39 is 15.7 Å². The van der Waals surface area contributed by atoms with Crippen molar-refractivity contribution < 1.29 is 13.2 Å². The fourth-order valence-corrected chi connectivity index (χ4v) is 5.28. The highest BCUT2D eigenvalue weighted by molar-refractivity contribution is 7.91. The predicted molar refractivity (Wildman–Crippen MR) is 111 cm³/mol. The molecule has 3 heterocycles. The van der Waals surface area contributed by atoms with E-state index in [2.05, 4.69) is 20.5 Å². The highest BCUT2D eigenvalue weighted by Gasteiger charge is 2.32. The van der Waals surface area contributed by atoms with Gasteiger partial charge in [-0.25, -0.2) is 13.4 Å². The number of anilines is 1. The Morgan fingerprint density at radius 3 is 2.79 bits per heavy atom. The monoisotopic (exact) mass is 443 g/mol. The number of nitrogens with two attached hydrogens (primary N) is 1. The topological polar surface area (TPSA) is 131 Å². The lowest BCUT2D eigenvalue weighted by atomic mass is 9.98. The molecule has 0 bridgehead atoms. The summed E-state index contributed by atoms with van der Waals surface area (Å²) >= 11 is 0. The van der Waals surface area contributed by atoms with Gasteiger partial charge in [-0.05, 0) is 36.6 Å². The summed E-state index contributed by atoms with van der Waals surface area (Å²) in [7, 11) is -3.45. The van der Waals surface area contributed by atoms with Gasteiger partial charge in [0.2, 0.25) is 0 Å². The Labute approximate surface area is 174 Å². The molecule has 1 aromatic carbocycles. The van der Waals surface area contributed by atoms with E-state index in [-0.39, 0.29) is 41.5 Å². The molecule has 2 aromatic heterocycles. The van der Waals surface area contributed by atoms with Gasteiger partial charge < -0.3 is 11.1 Å². The van der Waals surface area contributed by atoms with E-state index in [1.807, 2.05) is 0 Å². The van der Waals surface area contributed by atoms with Crippen LogP contribution in [0.2, 0.25) is 0 Å². The van der Waals surface area contributed by atoms with Crippen molar-refractivity contribution in [2.75, 3.05) is 11.1 Å². The Kier molecular flexibility index (Phi) is 6.34. The van der Waals surface area contributed by atoms with Gasteiger partial charge in [-0.3, -0.25) is 9.89 Å². The van der Waals surface area contributed by atoms with Gasteiger partial charge in [0, 0.05) is 17.8 Å². The number of rotatable bonds is 2. The van der Waals surface area contributed by atoms with Crippen LogP contribution < -0.4 is 11.1 Å². The molecule has 1 aliphatic heterocycles. The maximum Gasteiger partial charge on any atom is 0.255 e. The van der Waals surface area contributed by atoms with Crippen LogP contribution >= 0.6 is 24.8 Å². The van der Waals surface area contributed by atoms with Crippen LogP contribution in [-0.2, 0) is 9.84 Å². The van der Waals surface area contributed by atoms with Crippen LogP contribution in [0.25, 0.3) is 11.0 Å². The van der Waals surface area contributed by atoms with Crippen LogP contribution in [0.3, 0.4) is 0 Å². The number of H-pyrrole nitrogens is 1. The lowest BCUT2D eigenvalue weighted by Crippen LogP contribution is -2.27. The molecule has 4 N–H and O–H groups in total. The standard InChI is InChI=1S/C17H17N5O3S.2ClH/c1-9-10(2-3-11-13(18)5-7-26(24,25)15(9)11)17(23)21-14-4-6-19-16-12(14)8-20-22-16;;/h2-4,6,8,13H,5,7,18H2,1H3,(H2,19,20,21,22,23);2*1H/t13-;;/m0../s1. The second-order valence-electron chi connectivity index (χ2n) is 6.32. The summed E-state index contributed by atoms with van der Waals surface area (Å²) in [6.07, 6.45) is 3.51. The molecule has 0 radical (unpaired) electrons. The van der Waals surface area contributed by atoms with Crippen molar-refractivity contribution in [2.45, 2.75) is 24.3 Å². The fourth-order valence-electron chi connectivity index (χ4n) is 3.35. The van der Waals surface area contributed by atoms with Crippen LogP contribution in [0.4, 0.5) is 5.69 Å². The van der Waals surface area contributed by atoms with E-state index in [0.717, 1.165) is 0 Å². The Hall–Kier alpha value is -2.20. The molecular formula is C17H19Cl2N5O3S. The van der Waals surface area contributed by atoms with Gasteiger partial charge in [-0.2, -0.15) is 5.10 Å². The number of halogens is 2. The lowest BCUT2D eigenvalue weighted by Gasteiger charge is -2.25. The first kappa shape index (κ1) is 22.1. The maximum absolute atomic E-state index is 12.8. The van der Waals surface area contributed by atoms with Gasteiger partial charge in [-0.1, -0.05) is 6.07 Å². The van der Waals surface area contributed by atoms with Crippen LogP contribution in [0.1, 0.15) is 33.9 Å². The first-order valence-electron chi connectivity index (χ1n) is 8.10. The van der Waals surface area contributed by atoms with Crippen LogP contribution in [-0.4, -0.2) is 35.3 Å². The van der Waals surface area contributed by atoms with E-state index in [1.165, 1.54) is 0 Å². The summed E-state index contributed by atoms with van der Waals surface area (Å²) in [4.78, 5) is 17.1. The van der Waals surface area contributed by atoms with Crippen LogP contribution in [0.15, 0.2) is 35.5 Å². The van der Waals surface area contributed by atoms with Crippen molar-refractivity contribution in [3.05, 3.63) is 47.3 Å². The number of nitrogens with zero attached hydrogens (tertiary/aromatic N) is 2. The van der Waals surface area contributed by atoms with Crippen molar-refractivity contribution in [2.24, 2.45) is 5.73 Å².